The molecule has 3 rings (SSSR count). The van der Waals surface area contributed by atoms with Crippen molar-refractivity contribution >= 4 is 11.9 Å². The highest BCUT2D eigenvalue weighted by molar-refractivity contribution is 5.85. The molecular formula is C18H22FNO5. The molecule has 1 atom stereocenters. The molecule has 1 amide bonds. The molecule has 0 aromatic heterocycles. The van der Waals surface area contributed by atoms with Crippen LogP contribution in [0.2, 0.25) is 0 Å². The van der Waals surface area contributed by atoms with Crippen molar-refractivity contribution in [2.45, 2.75) is 38.6 Å². The number of hydrogen-bond acceptors (Lipinski definition) is 4. The van der Waals surface area contributed by atoms with Crippen LogP contribution in [0.15, 0.2) is 34.5 Å². The highest BCUT2D eigenvalue weighted by atomic mass is 19.1. The first kappa shape index (κ1) is 17.7. The van der Waals surface area contributed by atoms with Gasteiger partial charge in [-0.1, -0.05) is 0 Å². The predicted octanol–water partition coefficient (Wildman–Crippen LogP) is 2.53. The lowest BCUT2D eigenvalue weighted by molar-refractivity contribution is -0.138. The summed E-state index contributed by atoms with van der Waals surface area (Å²) in [6.45, 7) is 2.76. The maximum atomic E-state index is 14.9. The molecule has 2 aliphatic heterocycles. The molecule has 0 spiro atoms. The highest BCUT2D eigenvalue weighted by Crippen LogP contribution is 2.44. The van der Waals surface area contributed by atoms with Gasteiger partial charge in [0.15, 0.2) is 11.6 Å². The first-order chi connectivity index (χ1) is 12.0. The molecule has 7 heteroatoms. The van der Waals surface area contributed by atoms with Crippen LogP contribution in [0.5, 0.6) is 0 Å². The summed E-state index contributed by atoms with van der Waals surface area (Å²) in [5, 5.41) is 9.22. The maximum absolute atomic E-state index is 14.9. The van der Waals surface area contributed by atoms with Gasteiger partial charge in [-0.2, -0.15) is 0 Å². The number of carbonyl (C=O) groups is 2. The molecule has 0 radical (unpaired) electrons. The number of carboxylic acids is 1. The molecule has 3 aliphatic rings. The van der Waals surface area contributed by atoms with Crippen LogP contribution in [-0.4, -0.2) is 48.2 Å². The van der Waals surface area contributed by atoms with Gasteiger partial charge in [-0.3, -0.25) is 9.59 Å². The van der Waals surface area contributed by atoms with Gasteiger partial charge in [-0.15, -0.1) is 0 Å². The average Bonchev–Trinajstić information content (AvgIpc) is 2.87. The van der Waals surface area contributed by atoms with Crippen molar-refractivity contribution in [2.24, 2.45) is 5.92 Å². The maximum Gasteiger partial charge on any atom is 0.307 e. The molecule has 1 aliphatic carbocycles. The van der Waals surface area contributed by atoms with E-state index in [1.165, 1.54) is 7.11 Å². The fourth-order valence-electron chi connectivity index (χ4n) is 3.85. The van der Waals surface area contributed by atoms with E-state index in [1.807, 2.05) is 0 Å². The molecule has 0 saturated carbocycles. The zero-order valence-electron chi connectivity index (χ0n) is 14.4. The number of rotatable bonds is 4. The molecule has 25 heavy (non-hydrogen) atoms. The standard InChI is InChI=1S/C18H22FNO5/c1-10-12(9-15(21)22)16-13(3-4-14(24-2)17(16)19)20(10)18(23)11-5-7-25-8-6-11/h4,11,13H,3,5-9H2,1-2H3,(H,21,22). The second-order valence-electron chi connectivity index (χ2n) is 6.48. The lowest BCUT2D eigenvalue weighted by Gasteiger charge is -2.33. The van der Waals surface area contributed by atoms with Gasteiger partial charge in [0.05, 0.1) is 19.6 Å². The molecule has 6 nitrogen and oxygen atoms in total. The molecule has 0 aromatic rings. The number of nitrogens with zero attached hydrogens (tertiary/aromatic N) is 1. The number of hydrogen-bond donors (Lipinski definition) is 1. The van der Waals surface area contributed by atoms with Gasteiger partial charge in [0, 0.05) is 30.4 Å². The lowest BCUT2D eigenvalue weighted by Crippen LogP contribution is -2.42. The van der Waals surface area contributed by atoms with E-state index in [1.54, 1.807) is 17.9 Å². The van der Waals surface area contributed by atoms with Gasteiger partial charge in [-0.05, 0) is 37.8 Å². The minimum Gasteiger partial charge on any atom is -0.494 e. The fourth-order valence-corrected chi connectivity index (χ4v) is 3.85. The van der Waals surface area contributed by atoms with Crippen LogP contribution in [-0.2, 0) is 19.1 Å². The van der Waals surface area contributed by atoms with Crippen LogP contribution in [0, 0.1) is 5.92 Å². The van der Waals surface area contributed by atoms with E-state index in [2.05, 4.69) is 0 Å². The van der Waals surface area contributed by atoms with E-state index in [9.17, 15) is 19.1 Å². The van der Waals surface area contributed by atoms with Crippen molar-refractivity contribution in [1.29, 1.82) is 0 Å². The zero-order valence-corrected chi connectivity index (χ0v) is 14.4. The van der Waals surface area contributed by atoms with E-state index < -0.39 is 17.8 Å². The summed E-state index contributed by atoms with van der Waals surface area (Å²) in [4.78, 5) is 25.9. The van der Waals surface area contributed by atoms with Crippen LogP contribution in [0.3, 0.4) is 0 Å². The zero-order chi connectivity index (χ0) is 18.1. The average molecular weight is 351 g/mol. The number of halogens is 1. The van der Waals surface area contributed by atoms with E-state index in [0.717, 1.165) is 0 Å². The third kappa shape index (κ3) is 3.08. The predicted molar refractivity (Wildman–Crippen MR) is 87.0 cm³/mol. The van der Waals surface area contributed by atoms with Gasteiger partial charge >= 0.3 is 5.97 Å². The Morgan fingerprint density at radius 3 is 2.68 bits per heavy atom. The van der Waals surface area contributed by atoms with Crippen LogP contribution >= 0.6 is 0 Å². The van der Waals surface area contributed by atoms with E-state index in [-0.39, 0.29) is 29.6 Å². The number of carbonyl (C=O) groups excluding carboxylic acids is 1. The normalized spacial score (nSPS) is 24.4. The van der Waals surface area contributed by atoms with Crippen molar-refractivity contribution in [3.63, 3.8) is 0 Å². The quantitative estimate of drug-likeness (QED) is 0.842. The monoisotopic (exact) mass is 351 g/mol. The second-order valence-corrected chi connectivity index (χ2v) is 6.48. The Morgan fingerprint density at radius 1 is 1.40 bits per heavy atom. The molecule has 2 heterocycles. The van der Waals surface area contributed by atoms with Crippen LogP contribution in [0.25, 0.3) is 0 Å². The number of allylic oxidation sites excluding steroid dienone is 2. The smallest absolute Gasteiger partial charge is 0.307 e. The van der Waals surface area contributed by atoms with Gasteiger partial charge in [0.2, 0.25) is 5.91 Å². The highest BCUT2D eigenvalue weighted by Gasteiger charge is 2.44. The lowest BCUT2D eigenvalue weighted by atomic mass is 9.91. The largest absolute Gasteiger partial charge is 0.494 e. The summed E-state index contributed by atoms with van der Waals surface area (Å²) in [5.74, 6) is -1.78. The molecular weight excluding hydrogens is 329 g/mol. The Balaban J connectivity index is 2.00. The van der Waals surface area contributed by atoms with Crippen LogP contribution in [0.4, 0.5) is 4.39 Å². The number of carboxylic acid groups (broad SMARTS) is 1. The van der Waals surface area contributed by atoms with Crippen molar-refractivity contribution in [2.75, 3.05) is 20.3 Å². The van der Waals surface area contributed by atoms with Crippen molar-refractivity contribution in [1.82, 2.24) is 4.90 Å². The van der Waals surface area contributed by atoms with Crippen molar-refractivity contribution in [3.05, 3.63) is 34.5 Å². The van der Waals surface area contributed by atoms with Crippen LogP contribution < -0.4 is 0 Å². The molecule has 1 saturated heterocycles. The van der Waals surface area contributed by atoms with Crippen molar-refractivity contribution in [3.8, 4) is 0 Å². The minimum atomic E-state index is -1.05. The summed E-state index contributed by atoms with van der Waals surface area (Å²) in [6.07, 6.45) is 2.96. The molecule has 0 bridgehead atoms. The second kappa shape index (κ2) is 7.00. The molecule has 0 aromatic carbocycles. The number of aliphatic carboxylic acids is 1. The van der Waals surface area contributed by atoms with Crippen LogP contribution in [0.1, 0.15) is 32.6 Å². The summed E-state index contributed by atoms with van der Waals surface area (Å²) in [7, 11) is 1.37. The summed E-state index contributed by atoms with van der Waals surface area (Å²) in [5.41, 5.74) is 1.18. The van der Waals surface area contributed by atoms with E-state index in [4.69, 9.17) is 9.47 Å². The Labute approximate surface area is 145 Å². The van der Waals surface area contributed by atoms with Gasteiger partial charge in [0.1, 0.15) is 0 Å². The first-order valence-corrected chi connectivity index (χ1v) is 8.42. The van der Waals surface area contributed by atoms with Gasteiger partial charge < -0.3 is 19.5 Å². The summed E-state index contributed by atoms with van der Waals surface area (Å²) >= 11 is 0. The molecule has 1 N–H and O–H groups in total. The third-order valence-electron chi connectivity index (χ3n) is 5.10. The fraction of sp³-hybridized carbons (Fsp3) is 0.556. The Hall–Kier alpha value is -2.15. The third-order valence-corrected chi connectivity index (χ3v) is 5.10. The Morgan fingerprint density at radius 2 is 2.08 bits per heavy atom. The van der Waals surface area contributed by atoms with E-state index >= 15 is 0 Å². The Bertz CT molecular complexity index is 688. The minimum absolute atomic E-state index is 0.0780. The van der Waals surface area contributed by atoms with Gasteiger partial charge in [0.25, 0.3) is 0 Å². The summed E-state index contributed by atoms with van der Waals surface area (Å²) < 4.78 is 25.2. The molecule has 1 unspecified atom stereocenters. The molecule has 136 valence electrons. The number of amides is 1. The summed E-state index contributed by atoms with van der Waals surface area (Å²) in [6, 6.07) is -0.497. The number of methoxy groups -OCH3 is 1. The number of fused-ring (bicyclic) bond motifs is 1. The van der Waals surface area contributed by atoms with Crippen molar-refractivity contribution < 1.29 is 28.6 Å². The molecule has 1 fully saturated rings. The van der Waals surface area contributed by atoms with Gasteiger partial charge in [-0.25, -0.2) is 4.39 Å². The van der Waals surface area contributed by atoms with E-state index in [0.29, 0.717) is 43.7 Å². The number of ether oxygens (including phenoxy) is 2. The topological polar surface area (TPSA) is 76.1 Å². The SMILES string of the molecule is COC1=CCC2C(=C1F)C(CC(=O)O)=C(C)N2C(=O)C1CCOCC1. The first-order valence-electron chi connectivity index (χ1n) is 8.42. The Kier molecular flexibility index (Phi) is 4.94.